The van der Waals surface area contributed by atoms with Gasteiger partial charge in [0.05, 0.1) is 5.88 Å². The fraction of sp³-hybridized carbons (Fsp3) is 0.364. The Balaban J connectivity index is 2.02. The summed E-state index contributed by atoms with van der Waals surface area (Å²) in [4.78, 5) is 0. The Hall–Kier alpha value is -1.42. The number of tetrazole rings is 1. The van der Waals surface area contributed by atoms with Gasteiger partial charge in [0, 0.05) is 6.54 Å². The van der Waals surface area contributed by atoms with Gasteiger partial charge in [-0.1, -0.05) is 29.8 Å². The van der Waals surface area contributed by atoms with Crippen molar-refractivity contribution in [2.24, 2.45) is 0 Å². The molecule has 2 rings (SSSR count). The second kappa shape index (κ2) is 5.07. The van der Waals surface area contributed by atoms with E-state index in [2.05, 4.69) is 46.7 Å². The van der Waals surface area contributed by atoms with Gasteiger partial charge in [0.25, 0.3) is 0 Å². The Morgan fingerprint density at radius 2 is 2.25 bits per heavy atom. The number of alkyl halides is 1. The van der Waals surface area contributed by atoms with Crippen molar-refractivity contribution in [2.45, 2.75) is 25.8 Å². The van der Waals surface area contributed by atoms with Crippen LogP contribution < -0.4 is 0 Å². The summed E-state index contributed by atoms with van der Waals surface area (Å²) in [6.07, 6.45) is 0.913. The van der Waals surface area contributed by atoms with Gasteiger partial charge < -0.3 is 0 Å². The maximum absolute atomic E-state index is 5.72. The van der Waals surface area contributed by atoms with Crippen molar-refractivity contribution in [3.05, 3.63) is 41.2 Å². The van der Waals surface area contributed by atoms with E-state index in [-0.39, 0.29) is 0 Å². The number of rotatable bonds is 4. The van der Waals surface area contributed by atoms with Gasteiger partial charge in [0.1, 0.15) is 0 Å². The zero-order valence-corrected chi connectivity index (χ0v) is 9.85. The molecule has 0 saturated carbocycles. The number of nitrogens with zero attached hydrogens (tertiary/aromatic N) is 4. The summed E-state index contributed by atoms with van der Waals surface area (Å²) in [5, 5.41) is 11.3. The summed E-state index contributed by atoms with van der Waals surface area (Å²) in [6, 6.07) is 8.43. The van der Waals surface area contributed by atoms with Gasteiger partial charge >= 0.3 is 0 Å². The van der Waals surface area contributed by atoms with E-state index in [1.165, 1.54) is 11.1 Å². The predicted octanol–water partition coefficient (Wildman–Crippen LogP) is 1.96. The van der Waals surface area contributed by atoms with Gasteiger partial charge in [-0.2, -0.15) is 0 Å². The van der Waals surface area contributed by atoms with Crippen LogP contribution >= 0.6 is 11.6 Å². The molecule has 0 aliphatic heterocycles. The monoisotopic (exact) mass is 236 g/mol. The van der Waals surface area contributed by atoms with E-state index >= 15 is 0 Å². The number of aryl methyl sites for hydroxylation is 3. The summed E-state index contributed by atoms with van der Waals surface area (Å²) in [6.45, 7) is 2.85. The number of hydrogen-bond acceptors (Lipinski definition) is 3. The van der Waals surface area contributed by atoms with Crippen LogP contribution in [0.2, 0.25) is 0 Å². The lowest BCUT2D eigenvalue weighted by Gasteiger charge is -2.03. The van der Waals surface area contributed by atoms with Crippen molar-refractivity contribution in [2.75, 3.05) is 0 Å². The normalized spacial score (nSPS) is 10.6. The molecule has 0 amide bonds. The Bertz CT molecular complexity index is 467. The van der Waals surface area contributed by atoms with E-state index in [9.17, 15) is 0 Å². The first-order valence-electron chi connectivity index (χ1n) is 5.16. The molecule has 5 heteroatoms. The van der Waals surface area contributed by atoms with Crippen molar-refractivity contribution in [3.63, 3.8) is 0 Å². The van der Waals surface area contributed by atoms with Crippen LogP contribution in [-0.4, -0.2) is 20.2 Å². The van der Waals surface area contributed by atoms with Crippen molar-refractivity contribution in [3.8, 4) is 0 Å². The topological polar surface area (TPSA) is 43.6 Å². The first kappa shape index (κ1) is 11.1. The smallest absolute Gasteiger partial charge is 0.166 e. The minimum Gasteiger partial charge on any atom is -0.228 e. The van der Waals surface area contributed by atoms with E-state index in [0.29, 0.717) is 11.7 Å². The molecule has 0 N–H and O–H groups in total. The average molecular weight is 237 g/mol. The largest absolute Gasteiger partial charge is 0.228 e. The van der Waals surface area contributed by atoms with Crippen molar-refractivity contribution in [1.82, 2.24) is 20.2 Å². The van der Waals surface area contributed by atoms with Crippen molar-refractivity contribution < 1.29 is 0 Å². The quantitative estimate of drug-likeness (QED) is 0.763. The molecular weight excluding hydrogens is 224 g/mol. The average Bonchev–Trinajstić information content (AvgIpc) is 2.74. The van der Waals surface area contributed by atoms with Crippen LogP contribution in [0.1, 0.15) is 17.0 Å². The molecular formula is C11H13ClN4. The maximum Gasteiger partial charge on any atom is 0.166 e. The van der Waals surface area contributed by atoms with Crippen LogP contribution in [0.4, 0.5) is 0 Å². The molecule has 0 unspecified atom stereocenters. The van der Waals surface area contributed by atoms with E-state index in [4.69, 9.17) is 11.6 Å². The molecule has 16 heavy (non-hydrogen) atoms. The summed E-state index contributed by atoms with van der Waals surface area (Å²) in [7, 11) is 0. The van der Waals surface area contributed by atoms with E-state index < -0.39 is 0 Å². The SMILES string of the molecule is Cc1cccc(CCn2nnnc2CCl)c1. The summed E-state index contributed by atoms with van der Waals surface area (Å²) < 4.78 is 1.75. The lowest BCUT2D eigenvalue weighted by molar-refractivity contribution is 0.573. The Morgan fingerprint density at radius 3 is 3.00 bits per heavy atom. The molecule has 0 aliphatic rings. The first-order valence-corrected chi connectivity index (χ1v) is 5.69. The molecule has 84 valence electrons. The van der Waals surface area contributed by atoms with E-state index in [1.54, 1.807) is 4.68 Å². The molecule has 2 aromatic rings. The van der Waals surface area contributed by atoms with Gasteiger partial charge in [-0.15, -0.1) is 16.7 Å². The zero-order chi connectivity index (χ0) is 11.4. The van der Waals surface area contributed by atoms with Gasteiger partial charge in [-0.05, 0) is 29.3 Å². The van der Waals surface area contributed by atoms with Crippen LogP contribution in [-0.2, 0) is 18.8 Å². The highest BCUT2D eigenvalue weighted by molar-refractivity contribution is 6.16. The lowest BCUT2D eigenvalue weighted by Crippen LogP contribution is -2.07. The van der Waals surface area contributed by atoms with E-state index in [1.807, 2.05) is 0 Å². The molecule has 0 saturated heterocycles. The Labute approximate surface area is 99.2 Å². The molecule has 1 heterocycles. The summed E-state index contributed by atoms with van der Waals surface area (Å²) in [5.74, 6) is 1.06. The number of benzene rings is 1. The van der Waals surface area contributed by atoms with Crippen LogP contribution in [0.5, 0.6) is 0 Å². The Kier molecular flexibility index (Phi) is 3.51. The predicted molar refractivity (Wildman–Crippen MR) is 62.3 cm³/mol. The highest BCUT2D eigenvalue weighted by atomic mass is 35.5. The summed E-state index contributed by atoms with van der Waals surface area (Å²) in [5.41, 5.74) is 2.56. The standard InChI is InChI=1S/C11H13ClN4/c1-9-3-2-4-10(7-9)5-6-16-11(8-12)13-14-15-16/h2-4,7H,5-6,8H2,1H3. The van der Waals surface area contributed by atoms with E-state index in [0.717, 1.165) is 13.0 Å². The minimum atomic E-state index is 0.348. The fourth-order valence-corrected chi connectivity index (χ4v) is 1.79. The third kappa shape index (κ3) is 2.58. The van der Waals surface area contributed by atoms with Crippen LogP contribution in [0.3, 0.4) is 0 Å². The van der Waals surface area contributed by atoms with Gasteiger partial charge in [-0.3, -0.25) is 0 Å². The Morgan fingerprint density at radius 1 is 1.38 bits per heavy atom. The molecule has 1 aromatic heterocycles. The van der Waals surface area contributed by atoms with Gasteiger partial charge in [0.2, 0.25) is 0 Å². The van der Waals surface area contributed by atoms with Crippen LogP contribution in [0.15, 0.2) is 24.3 Å². The number of aromatic nitrogens is 4. The molecule has 0 fully saturated rings. The number of hydrogen-bond donors (Lipinski definition) is 0. The zero-order valence-electron chi connectivity index (χ0n) is 9.10. The second-order valence-corrected chi connectivity index (χ2v) is 3.96. The van der Waals surface area contributed by atoms with Crippen molar-refractivity contribution in [1.29, 1.82) is 0 Å². The lowest BCUT2D eigenvalue weighted by atomic mass is 10.1. The molecule has 0 bridgehead atoms. The molecule has 0 aliphatic carbocycles. The fourth-order valence-electron chi connectivity index (χ4n) is 1.60. The van der Waals surface area contributed by atoms with Crippen LogP contribution in [0, 0.1) is 6.92 Å². The van der Waals surface area contributed by atoms with Gasteiger partial charge in [0.15, 0.2) is 5.82 Å². The minimum absolute atomic E-state index is 0.348. The number of halogens is 1. The molecule has 0 spiro atoms. The first-order chi connectivity index (χ1) is 7.79. The molecule has 4 nitrogen and oxygen atoms in total. The highest BCUT2D eigenvalue weighted by Gasteiger charge is 2.04. The molecule has 0 atom stereocenters. The van der Waals surface area contributed by atoms with Gasteiger partial charge in [-0.25, -0.2) is 4.68 Å². The maximum atomic E-state index is 5.72. The summed E-state index contributed by atoms with van der Waals surface area (Å²) >= 11 is 5.72. The molecule has 1 aromatic carbocycles. The van der Waals surface area contributed by atoms with Crippen LogP contribution in [0.25, 0.3) is 0 Å². The third-order valence-electron chi connectivity index (χ3n) is 2.42. The highest BCUT2D eigenvalue weighted by Crippen LogP contribution is 2.06. The second-order valence-electron chi connectivity index (χ2n) is 3.69. The van der Waals surface area contributed by atoms with Crippen molar-refractivity contribution >= 4 is 11.6 Å². The molecule has 0 radical (unpaired) electrons. The third-order valence-corrected chi connectivity index (χ3v) is 2.66.